The van der Waals surface area contributed by atoms with E-state index in [2.05, 4.69) is 10.1 Å². The van der Waals surface area contributed by atoms with Crippen LogP contribution in [0.1, 0.15) is 35.7 Å². The van der Waals surface area contributed by atoms with Crippen LogP contribution in [0, 0.1) is 24.5 Å². The standard InChI is InChI=1S/C25H25ClF2N2O3S/c1-15-29-22(30-33-15)14-34-11-8-21-18-13-32-24-20(28)7-6-19(27)23(24)25(18,9-10-31-21)12-16-2-4-17(26)5-3-16/h2-7,18,21H,8-14H2,1H3/t18-,21-,25-/m0/s1. The molecule has 3 aromatic rings. The number of thioether (sulfide) groups is 1. The van der Waals surface area contributed by atoms with Crippen molar-refractivity contribution in [2.24, 2.45) is 5.92 Å². The molecule has 9 heteroatoms. The van der Waals surface area contributed by atoms with E-state index in [4.69, 9.17) is 25.6 Å². The van der Waals surface area contributed by atoms with Gasteiger partial charge in [0.15, 0.2) is 17.4 Å². The van der Waals surface area contributed by atoms with Gasteiger partial charge in [-0.3, -0.25) is 0 Å². The van der Waals surface area contributed by atoms with Gasteiger partial charge in [0.25, 0.3) is 0 Å². The number of halogens is 3. The third kappa shape index (κ3) is 4.55. The highest BCUT2D eigenvalue weighted by atomic mass is 35.5. The number of rotatable bonds is 7. The molecule has 5 nitrogen and oxygen atoms in total. The maximum atomic E-state index is 15.3. The van der Waals surface area contributed by atoms with Crippen LogP contribution in [0.2, 0.25) is 5.02 Å². The molecule has 2 aliphatic rings. The normalized spacial score (nSPS) is 23.8. The van der Waals surface area contributed by atoms with Crippen LogP contribution in [0.5, 0.6) is 5.75 Å². The van der Waals surface area contributed by atoms with Crippen molar-refractivity contribution in [3.8, 4) is 5.75 Å². The summed E-state index contributed by atoms with van der Waals surface area (Å²) < 4.78 is 47.1. The topological polar surface area (TPSA) is 57.4 Å². The lowest BCUT2D eigenvalue weighted by molar-refractivity contribution is -0.0962. The van der Waals surface area contributed by atoms with Gasteiger partial charge in [-0.25, -0.2) is 8.78 Å². The maximum absolute atomic E-state index is 15.3. The average Bonchev–Trinajstić information content (AvgIpc) is 3.25. The summed E-state index contributed by atoms with van der Waals surface area (Å²) in [5, 5.41) is 4.57. The molecule has 2 aliphatic heterocycles. The summed E-state index contributed by atoms with van der Waals surface area (Å²) in [5.74, 6) is 1.62. The third-order valence-corrected chi connectivity index (χ3v) is 8.02. The lowest BCUT2D eigenvalue weighted by Crippen LogP contribution is -2.55. The van der Waals surface area contributed by atoms with E-state index in [1.807, 2.05) is 24.3 Å². The first-order chi connectivity index (χ1) is 16.5. The van der Waals surface area contributed by atoms with E-state index < -0.39 is 17.0 Å². The average molecular weight is 507 g/mol. The van der Waals surface area contributed by atoms with Gasteiger partial charge in [-0.1, -0.05) is 28.9 Å². The van der Waals surface area contributed by atoms with Gasteiger partial charge in [-0.15, -0.1) is 0 Å². The van der Waals surface area contributed by atoms with E-state index in [0.717, 1.165) is 23.8 Å². The summed E-state index contributed by atoms with van der Waals surface area (Å²) in [5.41, 5.74) is 0.724. The van der Waals surface area contributed by atoms with Crippen LogP contribution in [0.3, 0.4) is 0 Å². The molecule has 1 saturated heterocycles. The molecule has 5 rings (SSSR count). The van der Waals surface area contributed by atoms with E-state index in [1.165, 1.54) is 6.07 Å². The van der Waals surface area contributed by atoms with E-state index in [-0.39, 0.29) is 24.4 Å². The maximum Gasteiger partial charge on any atom is 0.223 e. The molecule has 0 spiro atoms. The van der Waals surface area contributed by atoms with Crippen LogP contribution < -0.4 is 4.74 Å². The van der Waals surface area contributed by atoms with Crippen molar-refractivity contribution >= 4 is 23.4 Å². The summed E-state index contributed by atoms with van der Waals surface area (Å²) in [7, 11) is 0. The Labute approximate surface area is 206 Å². The Morgan fingerprint density at radius 3 is 2.71 bits per heavy atom. The monoisotopic (exact) mass is 506 g/mol. The van der Waals surface area contributed by atoms with Gasteiger partial charge in [-0.2, -0.15) is 16.7 Å². The second kappa shape index (κ2) is 9.84. The zero-order valence-electron chi connectivity index (χ0n) is 18.7. The fourth-order valence-electron chi connectivity index (χ4n) is 5.26. The van der Waals surface area contributed by atoms with Crippen LogP contribution in [0.4, 0.5) is 8.78 Å². The second-order valence-electron chi connectivity index (χ2n) is 8.84. The molecule has 1 aromatic heterocycles. The lowest BCUT2D eigenvalue weighted by atomic mass is 9.60. The minimum absolute atomic E-state index is 0.0349. The SMILES string of the molecule is Cc1nc(CSCC[C@@H]2OCC[C@@]3(Cc4ccc(Cl)cc4)c4c(F)ccc(F)c4OC[C@@H]23)no1. The highest BCUT2D eigenvalue weighted by Crippen LogP contribution is 2.52. The molecule has 0 bridgehead atoms. The zero-order valence-corrected chi connectivity index (χ0v) is 20.3. The largest absolute Gasteiger partial charge is 0.490 e. The summed E-state index contributed by atoms with van der Waals surface area (Å²) in [6.07, 6.45) is 1.75. The van der Waals surface area contributed by atoms with Crippen molar-refractivity contribution in [1.29, 1.82) is 0 Å². The Morgan fingerprint density at radius 2 is 1.94 bits per heavy atom. The molecule has 0 amide bonds. The van der Waals surface area contributed by atoms with E-state index in [0.29, 0.717) is 47.5 Å². The minimum Gasteiger partial charge on any atom is -0.490 e. The Kier molecular flexibility index (Phi) is 6.82. The minimum atomic E-state index is -0.633. The molecule has 0 unspecified atom stereocenters. The fourth-order valence-corrected chi connectivity index (χ4v) is 6.23. The molecule has 0 aliphatic carbocycles. The molecule has 1 fully saturated rings. The number of ether oxygens (including phenoxy) is 2. The van der Waals surface area contributed by atoms with Crippen LogP contribution >= 0.6 is 23.4 Å². The molecular weight excluding hydrogens is 482 g/mol. The molecule has 2 aromatic carbocycles. The Morgan fingerprint density at radius 1 is 1.15 bits per heavy atom. The van der Waals surface area contributed by atoms with Crippen molar-refractivity contribution in [2.75, 3.05) is 19.0 Å². The summed E-state index contributed by atoms with van der Waals surface area (Å²) in [4.78, 5) is 4.23. The van der Waals surface area contributed by atoms with Crippen LogP contribution in [0.15, 0.2) is 40.9 Å². The summed E-state index contributed by atoms with van der Waals surface area (Å²) in [6, 6.07) is 9.91. The summed E-state index contributed by atoms with van der Waals surface area (Å²) >= 11 is 7.78. The van der Waals surface area contributed by atoms with Crippen LogP contribution in [-0.2, 0) is 22.3 Å². The number of benzene rings is 2. The number of hydrogen-bond donors (Lipinski definition) is 0. The number of hydrogen-bond acceptors (Lipinski definition) is 6. The molecule has 0 saturated carbocycles. The molecule has 3 atom stereocenters. The van der Waals surface area contributed by atoms with Crippen molar-refractivity contribution < 1.29 is 22.8 Å². The first-order valence-electron chi connectivity index (χ1n) is 11.3. The van der Waals surface area contributed by atoms with Crippen molar-refractivity contribution in [1.82, 2.24) is 10.1 Å². The van der Waals surface area contributed by atoms with Gasteiger partial charge in [0.1, 0.15) is 5.82 Å². The van der Waals surface area contributed by atoms with E-state index in [1.54, 1.807) is 18.7 Å². The quantitative estimate of drug-likeness (QED) is 0.371. The molecular formula is C25H25ClF2N2O3S. The fraction of sp³-hybridized carbons (Fsp3) is 0.440. The Balaban J connectivity index is 1.42. The van der Waals surface area contributed by atoms with Crippen LogP contribution in [-0.4, -0.2) is 35.2 Å². The number of fused-ring (bicyclic) bond motifs is 3. The number of aromatic nitrogens is 2. The Bertz CT molecular complexity index is 1160. The zero-order chi connectivity index (χ0) is 23.7. The first kappa shape index (κ1) is 23.6. The van der Waals surface area contributed by atoms with Crippen molar-refractivity contribution in [3.05, 3.63) is 75.9 Å². The third-order valence-electron chi connectivity index (χ3n) is 6.78. The highest BCUT2D eigenvalue weighted by molar-refractivity contribution is 7.98. The van der Waals surface area contributed by atoms with Gasteiger partial charge >= 0.3 is 0 Å². The van der Waals surface area contributed by atoms with Gasteiger partial charge in [0.2, 0.25) is 5.89 Å². The van der Waals surface area contributed by atoms with E-state index in [9.17, 15) is 4.39 Å². The Hall–Kier alpha value is -2.16. The molecule has 180 valence electrons. The molecule has 0 N–H and O–H groups in total. The van der Waals surface area contributed by atoms with Gasteiger partial charge in [0.05, 0.1) is 18.5 Å². The highest BCUT2D eigenvalue weighted by Gasteiger charge is 2.53. The van der Waals surface area contributed by atoms with Gasteiger partial charge in [-0.05, 0) is 54.8 Å². The second-order valence-corrected chi connectivity index (χ2v) is 10.4. The molecule has 34 heavy (non-hydrogen) atoms. The number of nitrogens with zero attached hydrogens (tertiary/aromatic N) is 2. The predicted molar refractivity (Wildman–Crippen MR) is 126 cm³/mol. The number of aryl methyl sites for hydroxylation is 1. The lowest BCUT2D eigenvalue weighted by Gasteiger charge is -2.51. The van der Waals surface area contributed by atoms with Gasteiger partial charge in [0, 0.05) is 35.4 Å². The molecule has 0 radical (unpaired) electrons. The van der Waals surface area contributed by atoms with Crippen molar-refractivity contribution in [2.45, 2.75) is 43.5 Å². The predicted octanol–water partition coefficient (Wildman–Crippen LogP) is 5.91. The van der Waals surface area contributed by atoms with Crippen LogP contribution in [0.25, 0.3) is 0 Å². The smallest absolute Gasteiger partial charge is 0.223 e. The van der Waals surface area contributed by atoms with Gasteiger partial charge < -0.3 is 14.0 Å². The molecule has 3 heterocycles. The first-order valence-corrected chi connectivity index (χ1v) is 12.8. The van der Waals surface area contributed by atoms with E-state index >= 15 is 4.39 Å². The summed E-state index contributed by atoms with van der Waals surface area (Å²) in [6.45, 7) is 2.51. The van der Waals surface area contributed by atoms with Crippen molar-refractivity contribution in [3.63, 3.8) is 0 Å².